The standard InChI is InChI=1S/C15H18F6N2O2/c1-24-13-8-10(25-15(19,20)21)2-3-11(13)12(9-14(16,17)18)23-6-4-22-5-7-23/h2-3,8,12,22H,4-7,9H2,1H3/t12-/m1/s1. The summed E-state index contributed by atoms with van der Waals surface area (Å²) in [7, 11) is 1.19. The highest BCUT2D eigenvalue weighted by Crippen LogP contribution is 2.40. The Morgan fingerprint density at radius 2 is 1.76 bits per heavy atom. The fraction of sp³-hybridized carbons (Fsp3) is 0.600. The van der Waals surface area contributed by atoms with Crippen molar-refractivity contribution in [3.63, 3.8) is 0 Å². The Hall–Kier alpha value is -1.68. The zero-order valence-electron chi connectivity index (χ0n) is 13.4. The Morgan fingerprint density at radius 1 is 1.12 bits per heavy atom. The maximum Gasteiger partial charge on any atom is 0.573 e. The van der Waals surface area contributed by atoms with Crippen LogP contribution in [0.1, 0.15) is 18.0 Å². The smallest absolute Gasteiger partial charge is 0.496 e. The summed E-state index contributed by atoms with van der Waals surface area (Å²) in [5.74, 6) is -0.617. The van der Waals surface area contributed by atoms with Crippen molar-refractivity contribution >= 4 is 0 Å². The Morgan fingerprint density at radius 3 is 2.28 bits per heavy atom. The van der Waals surface area contributed by atoms with Gasteiger partial charge in [-0.1, -0.05) is 6.07 Å². The molecule has 1 aliphatic heterocycles. The molecule has 0 aromatic heterocycles. The van der Waals surface area contributed by atoms with Crippen LogP contribution in [0.4, 0.5) is 26.3 Å². The molecule has 1 aromatic rings. The minimum atomic E-state index is -4.89. The molecule has 25 heavy (non-hydrogen) atoms. The van der Waals surface area contributed by atoms with E-state index in [1.165, 1.54) is 13.2 Å². The molecule has 1 N–H and O–H groups in total. The van der Waals surface area contributed by atoms with E-state index in [0.29, 0.717) is 26.2 Å². The predicted molar refractivity (Wildman–Crippen MR) is 77.5 cm³/mol. The molecule has 0 saturated carbocycles. The Bertz CT molecular complexity index is 570. The second-order valence-electron chi connectivity index (χ2n) is 5.57. The van der Waals surface area contributed by atoms with Crippen LogP contribution in [0.5, 0.6) is 11.5 Å². The number of hydrogen-bond acceptors (Lipinski definition) is 4. The molecule has 1 saturated heterocycles. The van der Waals surface area contributed by atoms with Gasteiger partial charge in [0, 0.05) is 43.9 Å². The summed E-state index contributed by atoms with van der Waals surface area (Å²) in [6.45, 7) is 1.85. The van der Waals surface area contributed by atoms with Crippen molar-refractivity contribution in [1.29, 1.82) is 0 Å². The summed E-state index contributed by atoms with van der Waals surface area (Å²) in [4.78, 5) is 1.64. The average Bonchev–Trinajstić information content (AvgIpc) is 2.51. The van der Waals surface area contributed by atoms with Gasteiger partial charge in [-0.15, -0.1) is 13.2 Å². The van der Waals surface area contributed by atoms with Crippen LogP contribution in [-0.2, 0) is 0 Å². The first-order valence-corrected chi connectivity index (χ1v) is 7.54. The highest BCUT2D eigenvalue weighted by Gasteiger charge is 2.37. The van der Waals surface area contributed by atoms with Crippen LogP contribution in [0.25, 0.3) is 0 Å². The molecule has 4 nitrogen and oxygen atoms in total. The van der Waals surface area contributed by atoms with Gasteiger partial charge in [-0.05, 0) is 6.07 Å². The summed E-state index contributed by atoms with van der Waals surface area (Å²) in [5.41, 5.74) is 0.177. The maximum absolute atomic E-state index is 13.0. The minimum Gasteiger partial charge on any atom is -0.496 e. The number of nitrogens with one attached hydrogen (secondary N) is 1. The first kappa shape index (κ1) is 19.6. The van der Waals surface area contributed by atoms with Gasteiger partial charge in [-0.3, -0.25) is 4.90 Å². The molecule has 1 heterocycles. The summed E-state index contributed by atoms with van der Waals surface area (Å²) in [6.07, 6.45) is -10.4. The molecule has 1 fully saturated rings. The highest BCUT2D eigenvalue weighted by molar-refractivity contribution is 5.43. The van der Waals surface area contributed by atoms with E-state index in [1.807, 2.05) is 0 Å². The van der Waals surface area contributed by atoms with E-state index >= 15 is 0 Å². The lowest BCUT2D eigenvalue weighted by atomic mass is 9.99. The van der Waals surface area contributed by atoms with E-state index in [2.05, 4.69) is 10.1 Å². The van der Waals surface area contributed by atoms with Crippen LogP contribution in [0.15, 0.2) is 18.2 Å². The topological polar surface area (TPSA) is 33.7 Å². The SMILES string of the molecule is COc1cc(OC(F)(F)F)ccc1[C@@H](CC(F)(F)F)N1CCNCC1. The largest absolute Gasteiger partial charge is 0.573 e. The maximum atomic E-state index is 13.0. The molecular weight excluding hydrogens is 354 g/mol. The van der Waals surface area contributed by atoms with Gasteiger partial charge in [0.25, 0.3) is 0 Å². The van der Waals surface area contributed by atoms with Crippen LogP contribution >= 0.6 is 0 Å². The molecule has 0 unspecified atom stereocenters. The zero-order chi connectivity index (χ0) is 18.7. The van der Waals surface area contributed by atoms with Gasteiger partial charge in [0.05, 0.1) is 13.5 Å². The number of halogens is 6. The minimum absolute atomic E-state index is 0.0745. The second kappa shape index (κ2) is 7.69. The molecule has 1 atom stereocenters. The summed E-state index contributed by atoms with van der Waals surface area (Å²) >= 11 is 0. The molecular formula is C15H18F6N2O2. The number of ether oxygens (including phenoxy) is 2. The van der Waals surface area contributed by atoms with Gasteiger partial charge in [-0.2, -0.15) is 13.2 Å². The van der Waals surface area contributed by atoms with Crippen LogP contribution < -0.4 is 14.8 Å². The molecule has 0 radical (unpaired) electrons. The van der Waals surface area contributed by atoms with Crippen LogP contribution in [-0.4, -0.2) is 50.7 Å². The van der Waals surface area contributed by atoms with Crippen molar-refractivity contribution in [2.75, 3.05) is 33.3 Å². The number of nitrogens with zero attached hydrogens (tertiary/aromatic N) is 1. The molecule has 10 heteroatoms. The number of alkyl halides is 6. The Balaban J connectivity index is 2.34. The first-order chi connectivity index (χ1) is 11.6. The monoisotopic (exact) mass is 372 g/mol. The summed E-state index contributed by atoms with van der Waals surface area (Å²) in [6, 6.07) is 2.10. The normalized spacial score (nSPS) is 18.0. The van der Waals surface area contributed by atoms with Crippen molar-refractivity contribution in [1.82, 2.24) is 10.2 Å². The Labute approximate surface area is 140 Å². The molecule has 1 aromatic carbocycles. The van der Waals surface area contributed by atoms with Crippen molar-refractivity contribution < 1.29 is 35.8 Å². The summed E-state index contributed by atoms with van der Waals surface area (Å²) < 4.78 is 84.9. The highest BCUT2D eigenvalue weighted by atomic mass is 19.4. The molecule has 1 aliphatic rings. The van der Waals surface area contributed by atoms with Gasteiger partial charge < -0.3 is 14.8 Å². The van der Waals surface area contributed by atoms with E-state index in [9.17, 15) is 26.3 Å². The van der Waals surface area contributed by atoms with Crippen molar-refractivity contribution in [3.8, 4) is 11.5 Å². The number of rotatable bonds is 5. The van der Waals surface area contributed by atoms with Crippen molar-refractivity contribution in [3.05, 3.63) is 23.8 Å². The van der Waals surface area contributed by atoms with E-state index in [-0.39, 0.29) is 11.3 Å². The van der Waals surface area contributed by atoms with Crippen molar-refractivity contribution in [2.45, 2.75) is 25.0 Å². The molecule has 0 bridgehead atoms. The average molecular weight is 372 g/mol. The Kier molecular flexibility index (Phi) is 6.04. The van der Waals surface area contributed by atoms with Crippen LogP contribution in [0, 0.1) is 0 Å². The number of benzene rings is 1. The number of piperazine rings is 1. The third kappa shape index (κ3) is 5.96. The molecule has 0 spiro atoms. The van der Waals surface area contributed by atoms with Gasteiger partial charge in [-0.25, -0.2) is 0 Å². The lowest BCUT2D eigenvalue weighted by molar-refractivity contribution is -0.274. The predicted octanol–water partition coefficient (Wildman–Crippen LogP) is 3.49. The van der Waals surface area contributed by atoms with E-state index < -0.39 is 30.8 Å². The van der Waals surface area contributed by atoms with E-state index in [0.717, 1.165) is 12.1 Å². The molecule has 2 rings (SSSR count). The molecule has 142 valence electrons. The van der Waals surface area contributed by atoms with Crippen LogP contribution in [0.2, 0.25) is 0 Å². The van der Waals surface area contributed by atoms with Crippen molar-refractivity contribution in [2.24, 2.45) is 0 Å². The zero-order valence-corrected chi connectivity index (χ0v) is 13.4. The third-order valence-corrected chi connectivity index (χ3v) is 3.81. The quantitative estimate of drug-likeness (QED) is 0.803. The molecule has 0 amide bonds. The van der Waals surface area contributed by atoms with Crippen LogP contribution in [0.3, 0.4) is 0 Å². The third-order valence-electron chi connectivity index (χ3n) is 3.81. The van der Waals surface area contributed by atoms with Gasteiger partial charge >= 0.3 is 12.5 Å². The fourth-order valence-electron chi connectivity index (χ4n) is 2.81. The summed E-state index contributed by atoms with van der Waals surface area (Å²) in [5, 5.41) is 3.05. The van der Waals surface area contributed by atoms with E-state index in [4.69, 9.17) is 4.74 Å². The fourth-order valence-corrected chi connectivity index (χ4v) is 2.81. The lowest BCUT2D eigenvalue weighted by Crippen LogP contribution is -2.46. The van der Waals surface area contributed by atoms with Gasteiger partial charge in [0.2, 0.25) is 0 Å². The second-order valence-corrected chi connectivity index (χ2v) is 5.57. The number of methoxy groups -OCH3 is 1. The van der Waals surface area contributed by atoms with Gasteiger partial charge in [0.15, 0.2) is 0 Å². The molecule has 0 aliphatic carbocycles. The van der Waals surface area contributed by atoms with E-state index in [1.54, 1.807) is 4.90 Å². The first-order valence-electron chi connectivity index (χ1n) is 7.54. The number of hydrogen-bond donors (Lipinski definition) is 1. The lowest BCUT2D eigenvalue weighted by Gasteiger charge is -2.36. The van der Waals surface area contributed by atoms with Gasteiger partial charge in [0.1, 0.15) is 11.5 Å².